The third-order valence-corrected chi connectivity index (χ3v) is 5.30. The molecule has 2 N–H and O–H groups in total. The molecule has 4 rings (SSSR count). The second-order valence-electron chi connectivity index (χ2n) is 7.16. The van der Waals surface area contributed by atoms with E-state index in [1.807, 2.05) is 6.20 Å². The van der Waals surface area contributed by atoms with Gasteiger partial charge in [-0.05, 0) is 67.4 Å². The Morgan fingerprint density at radius 3 is 2.70 bits per heavy atom. The Morgan fingerprint density at radius 2 is 1.96 bits per heavy atom. The van der Waals surface area contributed by atoms with Crippen molar-refractivity contribution < 1.29 is 4.39 Å². The highest BCUT2D eigenvalue weighted by Crippen LogP contribution is 2.33. The van der Waals surface area contributed by atoms with Gasteiger partial charge in [-0.2, -0.15) is 5.10 Å². The first-order valence-electron chi connectivity index (χ1n) is 9.54. The summed E-state index contributed by atoms with van der Waals surface area (Å²) in [6, 6.07) is 13.7. The minimum atomic E-state index is -0.235. The predicted molar refractivity (Wildman–Crippen MR) is 108 cm³/mol. The molecular weight excluding hydrogens is 339 g/mol. The molecule has 4 nitrogen and oxygen atoms in total. The maximum absolute atomic E-state index is 13.2. The first-order chi connectivity index (χ1) is 13.2. The van der Waals surface area contributed by atoms with E-state index in [1.165, 1.54) is 29.8 Å². The van der Waals surface area contributed by atoms with Gasteiger partial charge in [-0.25, -0.2) is 4.39 Å². The van der Waals surface area contributed by atoms with Gasteiger partial charge in [-0.1, -0.05) is 13.0 Å². The number of benzene rings is 2. The van der Waals surface area contributed by atoms with Crippen molar-refractivity contribution in [1.82, 2.24) is 15.5 Å². The first-order valence-corrected chi connectivity index (χ1v) is 9.54. The Balaban J connectivity index is 1.61. The maximum atomic E-state index is 13.2. The largest absolute Gasteiger partial charge is 0.370 e. The van der Waals surface area contributed by atoms with Gasteiger partial charge in [0.15, 0.2) is 0 Å². The van der Waals surface area contributed by atoms with Gasteiger partial charge in [-0.3, -0.25) is 5.10 Å². The lowest BCUT2D eigenvalue weighted by Crippen LogP contribution is -2.32. The summed E-state index contributed by atoms with van der Waals surface area (Å²) < 4.78 is 13.2. The van der Waals surface area contributed by atoms with Crippen molar-refractivity contribution >= 4 is 5.69 Å². The number of hydrogen-bond acceptors (Lipinski definition) is 3. The molecule has 0 radical (unpaired) electrons. The van der Waals surface area contributed by atoms with Crippen LogP contribution in [0.15, 0.2) is 48.7 Å². The SMILES string of the molecule is CCNC1CCN(c2ccc(-c3cn[nH]c3-c3ccc(F)cc3)cc2C)C1. The summed E-state index contributed by atoms with van der Waals surface area (Å²) in [5.41, 5.74) is 6.55. The Hall–Kier alpha value is -2.66. The topological polar surface area (TPSA) is 44.0 Å². The molecule has 2 heterocycles. The molecule has 2 aromatic carbocycles. The molecule has 0 saturated carbocycles. The zero-order valence-corrected chi connectivity index (χ0v) is 15.8. The molecule has 1 aromatic heterocycles. The second kappa shape index (κ2) is 7.53. The summed E-state index contributed by atoms with van der Waals surface area (Å²) in [5, 5.41) is 10.8. The van der Waals surface area contributed by atoms with Crippen LogP contribution in [0.3, 0.4) is 0 Å². The fraction of sp³-hybridized carbons (Fsp3) is 0.318. The van der Waals surface area contributed by atoms with Crippen LogP contribution in [-0.2, 0) is 0 Å². The summed E-state index contributed by atoms with van der Waals surface area (Å²) in [6.45, 7) is 7.48. The Kier molecular flexibility index (Phi) is 4.94. The van der Waals surface area contributed by atoms with E-state index in [0.717, 1.165) is 42.0 Å². The van der Waals surface area contributed by atoms with Crippen molar-refractivity contribution in [3.63, 3.8) is 0 Å². The van der Waals surface area contributed by atoms with Crippen molar-refractivity contribution in [3.8, 4) is 22.4 Å². The minimum absolute atomic E-state index is 0.235. The maximum Gasteiger partial charge on any atom is 0.123 e. The average Bonchev–Trinajstić information content (AvgIpc) is 3.32. The van der Waals surface area contributed by atoms with E-state index in [0.29, 0.717) is 6.04 Å². The van der Waals surface area contributed by atoms with Gasteiger partial charge in [0.05, 0.1) is 11.9 Å². The standard InChI is InChI=1S/C22H25FN4/c1-3-24-19-10-11-27(14-19)21-9-6-17(12-15(21)2)20-13-25-26-22(20)16-4-7-18(23)8-5-16/h4-9,12-13,19,24H,3,10-11,14H2,1-2H3,(H,25,26). The molecule has 0 bridgehead atoms. The molecule has 1 unspecified atom stereocenters. The quantitative estimate of drug-likeness (QED) is 0.706. The Labute approximate surface area is 159 Å². The summed E-state index contributed by atoms with van der Waals surface area (Å²) in [5.74, 6) is -0.235. The van der Waals surface area contributed by atoms with E-state index in [-0.39, 0.29) is 5.82 Å². The number of anilines is 1. The van der Waals surface area contributed by atoms with Crippen LogP contribution in [0.4, 0.5) is 10.1 Å². The highest BCUT2D eigenvalue weighted by atomic mass is 19.1. The van der Waals surface area contributed by atoms with E-state index in [1.54, 1.807) is 12.1 Å². The van der Waals surface area contributed by atoms with Crippen LogP contribution in [0.25, 0.3) is 22.4 Å². The van der Waals surface area contributed by atoms with Crippen LogP contribution in [0.2, 0.25) is 0 Å². The molecule has 0 aliphatic carbocycles. The highest BCUT2D eigenvalue weighted by molar-refractivity contribution is 5.81. The van der Waals surface area contributed by atoms with Gasteiger partial charge in [-0.15, -0.1) is 0 Å². The van der Waals surface area contributed by atoms with Gasteiger partial charge in [0.25, 0.3) is 0 Å². The van der Waals surface area contributed by atoms with Crippen LogP contribution in [-0.4, -0.2) is 35.9 Å². The van der Waals surface area contributed by atoms with Crippen LogP contribution in [0.1, 0.15) is 18.9 Å². The number of aromatic amines is 1. The molecule has 140 valence electrons. The predicted octanol–water partition coefficient (Wildman–Crippen LogP) is 4.38. The Bertz CT molecular complexity index is 916. The van der Waals surface area contributed by atoms with E-state index in [9.17, 15) is 4.39 Å². The van der Waals surface area contributed by atoms with Crippen LogP contribution in [0.5, 0.6) is 0 Å². The molecule has 3 aromatic rings. The fourth-order valence-electron chi connectivity index (χ4n) is 3.95. The van der Waals surface area contributed by atoms with E-state index in [4.69, 9.17) is 0 Å². The molecule has 1 atom stereocenters. The van der Waals surface area contributed by atoms with E-state index in [2.05, 4.69) is 52.5 Å². The summed E-state index contributed by atoms with van der Waals surface area (Å²) in [6.07, 6.45) is 3.02. The summed E-state index contributed by atoms with van der Waals surface area (Å²) in [7, 11) is 0. The number of H-pyrrole nitrogens is 1. The third kappa shape index (κ3) is 3.60. The van der Waals surface area contributed by atoms with Crippen molar-refractivity contribution in [3.05, 3.63) is 60.0 Å². The number of nitrogens with one attached hydrogen (secondary N) is 2. The third-order valence-electron chi connectivity index (χ3n) is 5.30. The van der Waals surface area contributed by atoms with E-state index >= 15 is 0 Å². The minimum Gasteiger partial charge on any atom is -0.370 e. The molecule has 1 aliphatic heterocycles. The molecule has 0 amide bonds. The number of rotatable bonds is 5. The molecule has 27 heavy (non-hydrogen) atoms. The fourth-order valence-corrected chi connectivity index (χ4v) is 3.95. The lowest BCUT2D eigenvalue weighted by molar-refractivity contribution is 0.572. The molecule has 5 heteroatoms. The van der Waals surface area contributed by atoms with Crippen molar-refractivity contribution in [2.24, 2.45) is 0 Å². The summed E-state index contributed by atoms with van der Waals surface area (Å²) in [4.78, 5) is 2.46. The molecule has 1 fully saturated rings. The number of likely N-dealkylation sites (N-methyl/N-ethyl adjacent to an activating group) is 1. The number of aryl methyl sites for hydroxylation is 1. The smallest absolute Gasteiger partial charge is 0.123 e. The lowest BCUT2D eigenvalue weighted by atomic mass is 9.99. The van der Waals surface area contributed by atoms with Gasteiger partial charge >= 0.3 is 0 Å². The van der Waals surface area contributed by atoms with Crippen molar-refractivity contribution in [2.45, 2.75) is 26.3 Å². The van der Waals surface area contributed by atoms with Gasteiger partial charge < -0.3 is 10.2 Å². The van der Waals surface area contributed by atoms with Crippen LogP contribution >= 0.6 is 0 Å². The monoisotopic (exact) mass is 364 g/mol. The lowest BCUT2D eigenvalue weighted by Gasteiger charge is -2.22. The second-order valence-corrected chi connectivity index (χ2v) is 7.16. The van der Waals surface area contributed by atoms with Crippen LogP contribution in [0, 0.1) is 12.7 Å². The Morgan fingerprint density at radius 1 is 1.19 bits per heavy atom. The number of halogens is 1. The number of nitrogens with zero attached hydrogens (tertiary/aromatic N) is 2. The average molecular weight is 364 g/mol. The normalized spacial score (nSPS) is 16.9. The van der Waals surface area contributed by atoms with E-state index < -0.39 is 0 Å². The number of aromatic nitrogens is 2. The molecular formula is C22H25FN4. The molecule has 1 aliphatic rings. The van der Waals surface area contributed by atoms with Crippen LogP contribution < -0.4 is 10.2 Å². The first kappa shape index (κ1) is 17.7. The number of hydrogen-bond donors (Lipinski definition) is 2. The highest BCUT2D eigenvalue weighted by Gasteiger charge is 2.23. The molecule has 1 saturated heterocycles. The zero-order valence-electron chi connectivity index (χ0n) is 15.8. The molecule has 0 spiro atoms. The summed E-state index contributed by atoms with van der Waals surface area (Å²) >= 11 is 0. The zero-order chi connectivity index (χ0) is 18.8. The van der Waals surface area contributed by atoms with Crippen molar-refractivity contribution in [1.29, 1.82) is 0 Å². The van der Waals surface area contributed by atoms with Gasteiger partial charge in [0.2, 0.25) is 0 Å². The van der Waals surface area contributed by atoms with Gasteiger partial charge in [0.1, 0.15) is 5.82 Å². The van der Waals surface area contributed by atoms with Crippen molar-refractivity contribution in [2.75, 3.05) is 24.5 Å². The van der Waals surface area contributed by atoms with Gasteiger partial charge in [0, 0.05) is 35.9 Å².